The van der Waals surface area contributed by atoms with E-state index in [1.54, 1.807) is 14.2 Å². The lowest BCUT2D eigenvalue weighted by Gasteiger charge is -2.18. The van der Waals surface area contributed by atoms with Crippen molar-refractivity contribution >= 4 is 0 Å². The van der Waals surface area contributed by atoms with Gasteiger partial charge in [0, 0.05) is 29.9 Å². The zero-order valence-electron chi connectivity index (χ0n) is 13.0. The molecule has 0 aliphatic heterocycles. The van der Waals surface area contributed by atoms with Crippen LogP contribution in [0, 0.1) is 6.92 Å². The second kappa shape index (κ2) is 7.09. The lowest BCUT2D eigenvalue weighted by molar-refractivity contribution is 0.385. The Morgan fingerprint density at radius 2 is 1.95 bits per heavy atom. The molecule has 112 valence electrons. The molecule has 0 amide bonds. The van der Waals surface area contributed by atoms with Crippen molar-refractivity contribution in [2.24, 2.45) is 0 Å². The minimum absolute atomic E-state index is 0.160. The van der Waals surface area contributed by atoms with Crippen molar-refractivity contribution in [1.29, 1.82) is 0 Å². The number of aryl methyl sites for hydroxylation is 1. The second-order valence-electron chi connectivity index (χ2n) is 4.98. The molecule has 1 heterocycles. The minimum Gasteiger partial charge on any atom is -0.497 e. The van der Waals surface area contributed by atoms with Crippen molar-refractivity contribution in [3.63, 3.8) is 0 Å². The Labute approximate surface area is 126 Å². The molecular weight excluding hydrogens is 264 g/mol. The quantitative estimate of drug-likeness (QED) is 0.885. The maximum absolute atomic E-state index is 5.44. The van der Waals surface area contributed by atoms with Gasteiger partial charge in [-0.1, -0.05) is 12.1 Å². The number of aromatic nitrogens is 1. The first kappa shape index (κ1) is 15.3. The molecule has 0 aliphatic carbocycles. The fraction of sp³-hybridized carbons (Fsp3) is 0.353. The van der Waals surface area contributed by atoms with Crippen LogP contribution in [0.3, 0.4) is 0 Å². The predicted molar refractivity (Wildman–Crippen MR) is 83.8 cm³/mol. The highest BCUT2D eigenvalue weighted by Gasteiger charge is 2.12. The average molecular weight is 286 g/mol. The third-order valence-electron chi connectivity index (χ3n) is 3.44. The number of benzene rings is 1. The van der Waals surface area contributed by atoms with Crippen LogP contribution in [-0.4, -0.2) is 19.2 Å². The average Bonchev–Trinajstić information content (AvgIpc) is 2.52. The third kappa shape index (κ3) is 3.95. The number of nitrogens with one attached hydrogen (secondary N) is 1. The van der Waals surface area contributed by atoms with Gasteiger partial charge in [0.05, 0.1) is 19.9 Å². The van der Waals surface area contributed by atoms with Crippen molar-refractivity contribution in [3.8, 4) is 11.5 Å². The smallest absolute Gasteiger partial charge is 0.127 e. The number of ether oxygens (including phenoxy) is 2. The summed E-state index contributed by atoms with van der Waals surface area (Å²) >= 11 is 0. The van der Waals surface area contributed by atoms with Gasteiger partial charge in [0.1, 0.15) is 11.5 Å². The van der Waals surface area contributed by atoms with Crippen molar-refractivity contribution < 1.29 is 9.47 Å². The lowest BCUT2D eigenvalue weighted by atomic mass is 10.1. The minimum atomic E-state index is 0.160. The molecule has 2 rings (SSSR count). The first-order chi connectivity index (χ1) is 10.1. The Balaban J connectivity index is 2.07. The van der Waals surface area contributed by atoms with Crippen LogP contribution in [0.25, 0.3) is 0 Å². The molecule has 1 aromatic carbocycles. The summed E-state index contributed by atoms with van der Waals surface area (Å²) in [4.78, 5) is 4.50. The Morgan fingerprint density at radius 1 is 1.14 bits per heavy atom. The van der Waals surface area contributed by atoms with Crippen molar-refractivity contribution in [1.82, 2.24) is 10.3 Å². The van der Waals surface area contributed by atoms with Crippen molar-refractivity contribution in [2.75, 3.05) is 14.2 Å². The highest BCUT2D eigenvalue weighted by molar-refractivity contribution is 5.42. The molecule has 1 N–H and O–H groups in total. The van der Waals surface area contributed by atoms with E-state index in [0.29, 0.717) is 0 Å². The van der Waals surface area contributed by atoms with E-state index in [1.807, 2.05) is 43.3 Å². The standard InChI is InChI=1S/C17H22N2O2/c1-12-6-5-7-14(19-12)11-18-13(2)16-9-8-15(20-3)10-17(16)21-4/h5-10,13,18H,11H2,1-4H3. The maximum Gasteiger partial charge on any atom is 0.127 e. The topological polar surface area (TPSA) is 43.4 Å². The Hall–Kier alpha value is -2.07. The van der Waals surface area contributed by atoms with E-state index in [4.69, 9.17) is 9.47 Å². The van der Waals surface area contributed by atoms with E-state index in [0.717, 1.165) is 35.0 Å². The van der Waals surface area contributed by atoms with Gasteiger partial charge in [-0.05, 0) is 32.0 Å². The summed E-state index contributed by atoms with van der Waals surface area (Å²) < 4.78 is 10.7. The maximum atomic E-state index is 5.44. The van der Waals surface area contributed by atoms with Crippen LogP contribution < -0.4 is 14.8 Å². The fourth-order valence-corrected chi connectivity index (χ4v) is 2.24. The summed E-state index contributed by atoms with van der Waals surface area (Å²) in [6, 6.07) is 12.1. The van der Waals surface area contributed by atoms with Crippen LogP contribution in [0.5, 0.6) is 11.5 Å². The molecule has 0 aliphatic rings. The van der Waals surface area contributed by atoms with Crippen LogP contribution in [0.1, 0.15) is 29.9 Å². The molecule has 2 aromatic rings. The van der Waals surface area contributed by atoms with Crippen LogP contribution in [0.15, 0.2) is 36.4 Å². The van der Waals surface area contributed by atoms with Crippen molar-refractivity contribution in [2.45, 2.75) is 26.4 Å². The Bertz CT molecular complexity index is 599. The first-order valence-electron chi connectivity index (χ1n) is 7.02. The molecule has 1 aromatic heterocycles. The van der Waals surface area contributed by atoms with E-state index in [9.17, 15) is 0 Å². The lowest BCUT2D eigenvalue weighted by Crippen LogP contribution is -2.19. The van der Waals surface area contributed by atoms with Crippen LogP contribution in [0.2, 0.25) is 0 Å². The summed E-state index contributed by atoms with van der Waals surface area (Å²) in [6.07, 6.45) is 0. The van der Waals surface area contributed by atoms with Gasteiger partial charge in [-0.3, -0.25) is 4.98 Å². The van der Waals surface area contributed by atoms with E-state index in [2.05, 4.69) is 17.2 Å². The molecular formula is C17H22N2O2. The highest BCUT2D eigenvalue weighted by atomic mass is 16.5. The van der Waals surface area contributed by atoms with Gasteiger partial charge in [0.2, 0.25) is 0 Å². The van der Waals surface area contributed by atoms with Gasteiger partial charge in [-0.25, -0.2) is 0 Å². The van der Waals surface area contributed by atoms with Gasteiger partial charge in [-0.15, -0.1) is 0 Å². The molecule has 0 fully saturated rings. The summed E-state index contributed by atoms with van der Waals surface area (Å²) in [7, 11) is 3.33. The zero-order chi connectivity index (χ0) is 15.2. The van der Waals surface area contributed by atoms with Crippen LogP contribution in [0.4, 0.5) is 0 Å². The molecule has 21 heavy (non-hydrogen) atoms. The molecule has 4 heteroatoms. The van der Waals surface area contributed by atoms with Gasteiger partial charge in [0.15, 0.2) is 0 Å². The molecule has 0 saturated heterocycles. The van der Waals surface area contributed by atoms with E-state index in [-0.39, 0.29) is 6.04 Å². The monoisotopic (exact) mass is 286 g/mol. The molecule has 1 unspecified atom stereocenters. The van der Waals surface area contributed by atoms with Crippen LogP contribution in [-0.2, 0) is 6.54 Å². The number of nitrogens with zero attached hydrogens (tertiary/aromatic N) is 1. The summed E-state index contributed by atoms with van der Waals surface area (Å²) in [5.74, 6) is 1.62. The van der Waals surface area contributed by atoms with Gasteiger partial charge in [0.25, 0.3) is 0 Å². The number of methoxy groups -OCH3 is 2. The zero-order valence-corrected chi connectivity index (χ0v) is 13.0. The summed E-state index contributed by atoms with van der Waals surface area (Å²) in [5, 5.41) is 3.47. The first-order valence-corrected chi connectivity index (χ1v) is 7.02. The highest BCUT2D eigenvalue weighted by Crippen LogP contribution is 2.29. The molecule has 1 atom stereocenters. The Kier molecular flexibility index (Phi) is 5.17. The van der Waals surface area contributed by atoms with Crippen LogP contribution >= 0.6 is 0 Å². The molecule has 0 radical (unpaired) electrons. The van der Waals surface area contributed by atoms with E-state index >= 15 is 0 Å². The summed E-state index contributed by atoms with van der Waals surface area (Å²) in [5.41, 5.74) is 3.17. The molecule has 4 nitrogen and oxygen atoms in total. The number of pyridine rings is 1. The number of hydrogen-bond acceptors (Lipinski definition) is 4. The van der Waals surface area contributed by atoms with E-state index < -0.39 is 0 Å². The fourth-order valence-electron chi connectivity index (χ4n) is 2.24. The Morgan fingerprint density at radius 3 is 2.62 bits per heavy atom. The van der Waals surface area contributed by atoms with Crippen molar-refractivity contribution in [3.05, 3.63) is 53.3 Å². The normalized spacial score (nSPS) is 12.0. The molecule has 0 spiro atoms. The summed E-state index contributed by atoms with van der Waals surface area (Å²) in [6.45, 7) is 4.83. The van der Waals surface area contributed by atoms with Gasteiger partial charge >= 0.3 is 0 Å². The third-order valence-corrected chi connectivity index (χ3v) is 3.44. The molecule has 0 bridgehead atoms. The molecule has 0 saturated carbocycles. The number of hydrogen-bond donors (Lipinski definition) is 1. The van der Waals surface area contributed by atoms with Gasteiger partial charge in [-0.2, -0.15) is 0 Å². The SMILES string of the molecule is COc1ccc(C(C)NCc2cccc(C)n2)c(OC)c1. The van der Waals surface area contributed by atoms with E-state index in [1.165, 1.54) is 0 Å². The number of rotatable bonds is 6. The predicted octanol–water partition coefficient (Wildman–Crippen LogP) is 3.26. The second-order valence-corrected chi connectivity index (χ2v) is 4.98. The largest absolute Gasteiger partial charge is 0.497 e. The van der Waals surface area contributed by atoms with Gasteiger partial charge < -0.3 is 14.8 Å².